The highest BCUT2D eigenvalue weighted by Crippen LogP contribution is 2.23. The van der Waals surface area contributed by atoms with Gasteiger partial charge in [-0.15, -0.1) is 35.6 Å². The highest BCUT2D eigenvalue weighted by atomic mass is 36.0. The Morgan fingerprint density at radius 1 is 0.512 bits per heavy atom. The van der Waals surface area contributed by atoms with Crippen molar-refractivity contribution in [2.45, 2.75) is 18.6 Å². The summed E-state index contributed by atoms with van der Waals surface area (Å²) >= 11 is 33.8. The Morgan fingerprint density at radius 2 is 0.825 bits per heavy atom. The second-order valence-electron chi connectivity index (χ2n) is 15.8. The molecule has 2 unspecified atom stereocenters. The van der Waals surface area contributed by atoms with Crippen molar-refractivity contribution < 1.29 is 43.8 Å². The first-order valence-corrected chi connectivity index (χ1v) is 28.6. The van der Waals surface area contributed by atoms with E-state index in [9.17, 15) is 29.4 Å². The van der Waals surface area contributed by atoms with Gasteiger partial charge < -0.3 is 31.5 Å². The third-order valence-electron chi connectivity index (χ3n) is 9.81. The Balaban J connectivity index is 0.000000514. The fraction of sp³-hybridized carbons (Fsp3) is 0.119. The van der Waals surface area contributed by atoms with Gasteiger partial charge in [-0.25, -0.2) is 9.00 Å². The van der Waals surface area contributed by atoms with E-state index >= 15 is 0 Å². The van der Waals surface area contributed by atoms with Crippen LogP contribution in [0.4, 0.5) is 0 Å². The van der Waals surface area contributed by atoms with Crippen molar-refractivity contribution in [3.8, 4) is 0 Å². The fourth-order valence-electron chi connectivity index (χ4n) is 6.03. The molecule has 0 radical (unpaired) electrons. The van der Waals surface area contributed by atoms with E-state index in [-0.39, 0.29) is 55.2 Å². The molecule has 0 saturated carbocycles. The molecule has 0 spiro atoms. The average Bonchev–Trinajstić information content (AvgIpc) is 3.44. The number of nitrogens with one attached hydrogen (secondary N) is 1. The number of carbonyl (C=O) groups is 4. The minimum absolute atomic E-state index is 0. The molecule has 7 aromatic rings. The molecule has 0 fully saturated rings. The summed E-state index contributed by atoms with van der Waals surface area (Å²) in [7, 11) is 7.36. The zero-order valence-electron chi connectivity index (χ0n) is 42.1. The molecule has 0 aromatic heterocycles. The minimum Gasteiger partial charge on any atom is -0.481 e. The van der Waals surface area contributed by atoms with E-state index in [1.165, 1.54) is 0 Å². The lowest BCUT2D eigenvalue weighted by molar-refractivity contribution is -0.136. The van der Waals surface area contributed by atoms with Crippen LogP contribution in [0.3, 0.4) is 0 Å². The number of hydrogen-bond donors (Lipinski definition) is 6. The molecule has 1 amide bonds. The van der Waals surface area contributed by atoms with E-state index < -0.39 is 38.6 Å². The predicted molar refractivity (Wildman–Crippen MR) is 336 cm³/mol. The van der Waals surface area contributed by atoms with Gasteiger partial charge in [-0.1, -0.05) is 193 Å². The molecule has 7 aromatic carbocycles. The van der Waals surface area contributed by atoms with Gasteiger partial charge in [0, 0.05) is 66.5 Å². The molecule has 21 heteroatoms. The Morgan fingerprint density at radius 3 is 1.12 bits per heavy atom. The normalized spacial score (nSPS) is 11.4. The van der Waals surface area contributed by atoms with Gasteiger partial charge >= 0.3 is 11.9 Å². The van der Waals surface area contributed by atoms with Crippen LogP contribution in [-0.4, -0.2) is 84.8 Å². The van der Waals surface area contributed by atoms with Gasteiger partial charge in [0.25, 0.3) is 11.1 Å². The van der Waals surface area contributed by atoms with E-state index in [1.54, 1.807) is 91.0 Å². The number of halogens is 9. The Hall–Kier alpha value is -5.52. The molecule has 80 heavy (non-hydrogen) atoms. The van der Waals surface area contributed by atoms with Gasteiger partial charge in [-0.05, 0) is 105 Å². The van der Waals surface area contributed by atoms with Crippen LogP contribution < -0.4 is 11.1 Å². The van der Waals surface area contributed by atoms with Gasteiger partial charge in [0.05, 0.1) is 30.1 Å². The van der Waals surface area contributed by atoms with Gasteiger partial charge in [-0.2, -0.15) is 0 Å². The summed E-state index contributed by atoms with van der Waals surface area (Å²) in [6.07, 6.45) is 3.99. The minimum atomic E-state index is -1.67. The van der Waals surface area contributed by atoms with Crippen molar-refractivity contribution in [1.29, 1.82) is 0 Å². The number of aliphatic hydroxyl groups excluding tert-OH is 2. The summed E-state index contributed by atoms with van der Waals surface area (Å²) in [6.45, 7) is 0.358. The molecule has 0 aliphatic rings. The number of alkyl halides is 2. The lowest BCUT2D eigenvalue weighted by atomic mass is 10.0. The summed E-state index contributed by atoms with van der Waals surface area (Å²) < 4.78 is 9.09. The monoisotopic (exact) mass is 1280 g/mol. The second-order valence-corrected chi connectivity index (χ2v) is 20.6. The first kappa shape index (κ1) is 72.5. The summed E-state index contributed by atoms with van der Waals surface area (Å²) in [5.41, 5.74) is 11.9. The lowest BCUT2D eigenvalue weighted by Gasteiger charge is -2.12. The fourth-order valence-corrected chi connectivity index (χ4v) is 6.80. The van der Waals surface area contributed by atoms with E-state index in [4.69, 9.17) is 89.8 Å². The average molecular weight is 1290 g/mol. The van der Waals surface area contributed by atoms with Crippen LogP contribution in [0.15, 0.2) is 194 Å². The summed E-state index contributed by atoms with van der Waals surface area (Å²) in [5, 5.41) is 39.7. The van der Waals surface area contributed by atoms with Gasteiger partial charge in [0.15, 0.2) is 0 Å². The zero-order valence-corrected chi connectivity index (χ0v) is 49.8. The largest absolute Gasteiger partial charge is 0.481 e. The van der Waals surface area contributed by atoms with Crippen molar-refractivity contribution in [2.75, 3.05) is 24.8 Å². The van der Waals surface area contributed by atoms with Gasteiger partial charge in [-0.3, -0.25) is 14.4 Å². The second kappa shape index (κ2) is 42.3. The third kappa shape index (κ3) is 32.1. The van der Waals surface area contributed by atoms with Crippen molar-refractivity contribution in [1.82, 2.24) is 5.32 Å². The molecule has 11 nitrogen and oxygen atoms in total. The molecule has 0 heterocycles. The molecule has 7 N–H and O–H groups in total. The first-order valence-electron chi connectivity index (χ1n) is 23.2. The van der Waals surface area contributed by atoms with E-state index in [2.05, 4.69) is 26.7 Å². The molecule has 424 valence electrons. The number of hydrogen-bond acceptors (Lipinski definition) is 8. The quantitative estimate of drug-likeness (QED) is 0.0234. The molecule has 0 aliphatic heterocycles. The number of carboxylic acids is 2. The number of aliphatic hydroxyl groups is 2. The molecule has 0 bridgehead atoms. The highest BCUT2D eigenvalue weighted by molar-refractivity contribution is 8.26. The van der Waals surface area contributed by atoms with Crippen LogP contribution in [0, 0.1) is 0 Å². The van der Waals surface area contributed by atoms with Gasteiger partial charge in [0.2, 0.25) is 9.23 Å². The molecule has 7 rings (SSSR count). The SMILES string of the molecule is Cl.NCC(O)CCl.O=C(Cl)/C(=C/c1ccc(Cl)cc1)c1ccccc1.O=C(NCC(O)CCl)/C(=C/c1ccc(Cl)cc1)c1ccccc1.O=C(O)/C(=C/c1ccc(Cl)cc1)c1ccccc1.O=C(O)Cc1ccccc1.O=S(Cl)Cl. The Bertz CT molecular complexity index is 2900. The molecule has 0 aliphatic carbocycles. The Labute approximate surface area is 513 Å². The van der Waals surface area contributed by atoms with Crippen LogP contribution in [0.1, 0.15) is 38.9 Å². The van der Waals surface area contributed by atoms with Crippen molar-refractivity contribution in [3.05, 3.63) is 248 Å². The predicted octanol–water partition coefficient (Wildman–Crippen LogP) is 14.5. The van der Waals surface area contributed by atoms with E-state index in [0.29, 0.717) is 31.8 Å². The van der Waals surface area contributed by atoms with Crippen LogP contribution in [0.5, 0.6) is 0 Å². The number of allylic oxidation sites excluding steroid dienone is 1. The summed E-state index contributed by atoms with van der Waals surface area (Å²) in [4.78, 5) is 45.4. The topological polar surface area (TPSA) is 204 Å². The summed E-state index contributed by atoms with van der Waals surface area (Å²) in [5.74, 6) is -1.70. The zero-order chi connectivity index (χ0) is 58.5. The maximum atomic E-state index is 12.5. The first-order chi connectivity index (χ1) is 37.8. The van der Waals surface area contributed by atoms with Crippen molar-refractivity contribution in [3.63, 3.8) is 0 Å². The Kier molecular flexibility index (Phi) is 38.4. The molecular formula is C59H55Cl9N2O9S. The number of nitrogens with two attached hydrogens (primary N) is 1. The van der Waals surface area contributed by atoms with E-state index in [0.717, 1.165) is 33.4 Å². The number of rotatable bonds is 16. The van der Waals surface area contributed by atoms with Crippen molar-refractivity contribution >= 4 is 171 Å². The number of carboxylic acid groups (broad SMARTS) is 2. The van der Waals surface area contributed by atoms with Crippen LogP contribution >= 0.6 is 103 Å². The van der Waals surface area contributed by atoms with Crippen LogP contribution in [-0.2, 0) is 34.8 Å². The van der Waals surface area contributed by atoms with Crippen LogP contribution in [0.25, 0.3) is 34.9 Å². The van der Waals surface area contributed by atoms with Crippen molar-refractivity contribution in [2.24, 2.45) is 5.73 Å². The standard InChI is InChI=1S/C18H17Cl2NO2.C15H10Cl2O.C15H11ClO2.C8H8O2.C3H8ClNO.Cl2OS.ClH/c19-11-16(22)12-21-18(23)17(14-4-2-1-3-5-14)10-13-6-8-15(20)9-7-13;2*16-13-8-6-11(7-9-13)10-14(15(17)18)12-4-2-1-3-5-12;9-8(10)6-7-4-2-1-3-5-7;4-1-3(6)2-5;1-4(2)3;/h1-10,16,22H,11-12H2,(H,21,23);1-10H;1-10H,(H,17,18);1-5H,6H2,(H,9,10);3,6H,1-2,5H2;;1H/b17-10+;2*14-10+;;;;. The highest BCUT2D eigenvalue weighted by Gasteiger charge is 2.14. The smallest absolute Gasteiger partial charge is 0.336 e. The maximum Gasteiger partial charge on any atom is 0.336 e. The lowest BCUT2D eigenvalue weighted by Crippen LogP contribution is -2.33. The molecule has 0 saturated heterocycles. The van der Waals surface area contributed by atoms with Gasteiger partial charge in [0.1, 0.15) is 0 Å². The third-order valence-corrected chi connectivity index (χ3v) is 11.5. The van der Waals surface area contributed by atoms with E-state index in [1.807, 2.05) is 121 Å². The molecule has 2 atom stereocenters. The number of aliphatic carboxylic acids is 2. The molecular weight excluding hydrogens is 1230 g/mol. The summed E-state index contributed by atoms with van der Waals surface area (Å²) in [6, 6.07) is 58.3. The number of amides is 1. The van der Waals surface area contributed by atoms with Crippen LogP contribution in [0.2, 0.25) is 15.1 Å². The maximum absolute atomic E-state index is 12.5. The number of benzene rings is 7. The number of carbonyl (C=O) groups excluding carboxylic acids is 2.